The Kier molecular flexibility index (Phi) is 4.61. The number of esters is 2. The molecule has 0 saturated carbocycles. The molecule has 5 atom stereocenters. The van der Waals surface area contributed by atoms with Crippen LogP contribution in [0.3, 0.4) is 0 Å². The Morgan fingerprint density at radius 2 is 1.70 bits per heavy atom. The number of benzene rings is 1. The molecular formula is C16H18O7. The van der Waals surface area contributed by atoms with Crippen LogP contribution in [0.5, 0.6) is 0 Å². The SMILES string of the molecule is CC(=O)OCC1OC(OC(C)=O)C2OC(c3ccccc3)OC12. The van der Waals surface area contributed by atoms with E-state index in [9.17, 15) is 9.59 Å². The molecule has 124 valence electrons. The van der Waals surface area contributed by atoms with Gasteiger partial charge in [0.15, 0.2) is 12.4 Å². The van der Waals surface area contributed by atoms with Gasteiger partial charge in [0.05, 0.1) is 0 Å². The van der Waals surface area contributed by atoms with Gasteiger partial charge in [-0.2, -0.15) is 0 Å². The first kappa shape index (κ1) is 15.9. The molecule has 3 rings (SSSR count). The lowest BCUT2D eigenvalue weighted by molar-refractivity contribution is -0.213. The van der Waals surface area contributed by atoms with Crippen LogP contribution in [0, 0.1) is 0 Å². The smallest absolute Gasteiger partial charge is 0.305 e. The summed E-state index contributed by atoms with van der Waals surface area (Å²) in [4.78, 5) is 22.2. The quantitative estimate of drug-likeness (QED) is 0.773. The van der Waals surface area contributed by atoms with Crippen molar-refractivity contribution in [3.8, 4) is 0 Å². The lowest BCUT2D eigenvalue weighted by Crippen LogP contribution is -2.33. The van der Waals surface area contributed by atoms with Gasteiger partial charge in [-0.3, -0.25) is 9.59 Å². The molecular weight excluding hydrogens is 304 g/mol. The zero-order valence-electron chi connectivity index (χ0n) is 12.8. The van der Waals surface area contributed by atoms with Crippen LogP contribution in [0.1, 0.15) is 25.7 Å². The molecule has 0 aromatic heterocycles. The standard InChI is InChI=1S/C16H18O7/c1-9(17)19-8-12-13-14(16(21-12)20-10(2)18)23-15(22-13)11-6-4-3-5-7-11/h3-7,12-16H,8H2,1-2H3. The van der Waals surface area contributed by atoms with E-state index in [-0.39, 0.29) is 6.61 Å². The van der Waals surface area contributed by atoms with E-state index in [4.69, 9.17) is 23.7 Å². The van der Waals surface area contributed by atoms with Crippen LogP contribution >= 0.6 is 0 Å². The molecule has 1 aromatic carbocycles. The van der Waals surface area contributed by atoms with E-state index < -0.39 is 42.8 Å². The molecule has 0 radical (unpaired) electrons. The minimum atomic E-state index is -0.883. The highest BCUT2D eigenvalue weighted by Gasteiger charge is 2.54. The van der Waals surface area contributed by atoms with Gasteiger partial charge in [0.25, 0.3) is 0 Å². The van der Waals surface area contributed by atoms with Gasteiger partial charge in [-0.15, -0.1) is 0 Å². The van der Waals surface area contributed by atoms with Crippen molar-refractivity contribution in [3.05, 3.63) is 35.9 Å². The molecule has 0 spiro atoms. The maximum Gasteiger partial charge on any atom is 0.305 e. The molecule has 2 aliphatic rings. The van der Waals surface area contributed by atoms with Crippen LogP contribution in [0.4, 0.5) is 0 Å². The van der Waals surface area contributed by atoms with Gasteiger partial charge in [-0.25, -0.2) is 0 Å². The molecule has 0 N–H and O–H groups in total. The summed E-state index contributed by atoms with van der Waals surface area (Å²) in [5, 5.41) is 0. The van der Waals surface area contributed by atoms with Crippen molar-refractivity contribution < 1.29 is 33.3 Å². The highest BCUT2D eigenvalue weighted by atomic mass is 16.8. The number of carbonyl (C=O) groups excluding carboxylic acids is 2. The van der Waals surface area contributed by atoms with Crippen LogP contribution in [-0.4, -0.2) is 43.1 Å². The average molecular weight is 322 g/mol. The number of rotatable bonds is 4. The predicted octanol–water partition coefficient (Wildman–Crippen LogP) is 1.32. The average Bonchev–Trinajstić information content (AvgIpc) is 3.07. The van der Waals surface area contributed by atoms with Crippen molar-refractivity contribution in [1.82, 2.24) is 0 Å². The van der Waals surface area contributed by atoms with Gasteiger partial charge in [0, 0.05) is 19.4 Å². The van der Waals surface area contributed by atoms with E-state index in [1.54, 1.807) is 0 Å². The molecule has 7 nitrogen and oxygen atoms in total. The third-order valence-electron chi connectivity index (χ3n) is 3.63. The van der Waals surface area contributed by atoms with E-state index >= 15 is 0 Å². The lowest BCUT2D eigenvalue weighted by Gasteiger charge is -2.19. The fourth-order valence-electron chi connectivity index (χ4n) is 2.68. The van der Waals surface area contributed by atoms with Gasteiger partial charge < -0.3 is 23.7 Å². The number of carbonyl (C=O) groups is 2. The summed E-state index contributed by atoms with van der Waals surface area (Å²) in [5.41, 5.74) is 0.856. The zero-order valence-corrected chi connectivity index (χ0v) is 12.8. The highest BCUT2D eigenvalue weighted by molar-refractivity contribution is 5.66. The first-order chi connectivity index (χ1) is 11.0. The maximum absolute atomic E-state index is 11.2. The minimum Gasteiger partial charge on any atom is -0.463 e. The lowest BCUT2D eigenvalue weighted by atomic mass is 10.1. The fourth-order valence-corrected chi connectivity index (χ4v) is 2.68. The summed E-state index contributed by atoms with van der Waals surface area (Å²) < 4.78 is 27.5. The molecule has 0 amide bonds. The molecule has 1 aromatic rings. The molecule has 2 saturated heterocycles. The van der Waals surface area contributed by atoms with E-state index in [1.807, 2.05) is 30.3 Å². The Balaban J connectivity index is 1.73. The predicted molar refractivity (Wildman–Crippen MR) is 76.0 cm³/mol. The van der Waals surface area contributed by atoms with Gasteiger partial charge >= 0.3 is 11.9 Å². The first-order valence-electron chi connectivity index (χ1n) is 7.36. The highest BCUT2D eigenvalue weighted by Crippen LogP contribution is 2.40. The van der Waals surface area contributed by atoms with Crippen LogP contribution < -0.4 is 0 Å². The minimum absolute atomic E-state index is 0.0130. The van der Waals surface area contributed by atoms with Crippen molar-refractivity contribution in [2.45, 2.75) is 44.7 Å². The van der Waals surface area contributed by atoms with Crippen LogP contribution in [-0.2, 0) is 33.3 Å². The number of fused-ring (bicyclic) bond motifs is 1. The van der Waals surface area contributed by atoms with E-state index in [1.165, 1.54) is 13.8 Å². The largest absolute Gasteiger partial charge is 0.463 e. The normalized spacial score (nSPS) is 32.3. The summed E-state index contributed by atoms with van der Waals surface area (Å²) in [5.74, 6) is -0.895. The molecule has 0 aliphatic carbocycles. The van der Waals surface area contributed by atoms with Crippen LogP contribution in [0.25, 0.3) is 0 Å². The van der Waals surface area contributed by atoms with Crippen LogP contribution in [0.2, 0.25) is 0 Å². The van der Waals surface area contributed by atoms with Crippen molar-refractivity contribution in [1.29, 1.82) is 0 Å². The Morgan fingerprint density at radius 1 is 1.00 bits per heavy atom. The fraction of sp³-hybridized carbons (Fsp3) is 0.500. The first-order valence-corrected chi connectivity index (χ1v) is 7.36. The van der Waals surface area contributed by atoms with Crippen molar-refractivity contribution in [2.24, 2.45) is 0 Å². The van der Waals surface area contributed by atoms with Crippen LogP contribution in [0.15, 0.2) is 30.3 Å². The van der Waals surface area contributed by atoms with Crippen molar-refractivity contribution in [2.75, 3.05) is 6.61 Å². The summed E-state index contributed by atoms with van der Waals surface area (Å²) in [6, 6.07) is 9.43. The number of hydrogen-bond acceptors (Lipinski definition) is 7. The van der Waals surface area contributed by atoms with Gasteiger partial charge in [0.1, 0.15) is 18.8 Å². The second-order valence-corrected chi connectivity index (χ2v) is 5.40. The van der Waals surface area contributed by atoms with Gasteiger partial charge in [-0.1, -0.05) is 30.3 Å². The molecule has 23 heavy (non-hydrogen) atoms. The summed E-state index contributed by atoms with van der Waals surface area (Å²) >= 11 is 0. The van der Waals surface area contributed by atoms with Gasteiger partial charge in [-0.05, 0) is 0 Å². The molecule has 2 fully saturated rings. The molecule has 2 aliphatic heterocycles. The Hall–Kier alpha value is -1.96. The zero-order chi connectivity index (χ0) is 16.4. The molecule has 0 bridgehead atoms. The van der Waals surface area contributed by atoms with E-state index in [2.05, 4.69) is 0 Å². The monoisotopic (exact) mass is 322 g/mol. The Bertz CT molecular complexity index is 573. The second-order valence-electron chi connectivity index (χ2n) is 5.40. The summed E-state index contributed by atoms with van der Waals surface area (Å²) in [6.07, 6.45) is -3.06. The molecule has 2 heterocycles. The Morgan fingerprint density at radius 3 is 2.35 bits per heavy atom. The number of hydrogen-bond donors (Lipinski definition) is 0. The second kappa shape index (κ2) is 6.66. The van der Waals surface area contributed by atoms with E-state index in [0.29, 0.717) is 0 Å². The molecule has 7 heteroatoms. The third kappa shape index (κ3) is 3.52. The third-order valence-corrected chi connectivity index (χ3v) is 3.63. The van der Waals surface area contributed by atoms with Crippen molar-refractivity contribution >= 4 is 11.9 Å². The summed E-state index contributed by atoms with van der Waals surface area (Å²) in [6.45, 7) is 2.62. The molecule has 5 unspecified atom stereocenters. The topological polar surface area (TPSA) is 80.3 Å². The van der Waals surface area contributed by atoms with Crippen molar-refractivity contribution in [3.63, 3.8) is 0 Å². The Labute approximate surface area is 133 Å². The van der Waals surface area contributed by atoms with E-state index in [0.717, 1.165) is 5.56 Å². The summed E-state index contributed by atoms with van der Waals surface area (Å²) in [7, 11) is 0. The maximum atomic E-state index is 11.2. The van der Waals surface area contributed by atoms with Gasteiger partial charge in [0.2, 0.25) is 6.29 Å². The number of ether oxygens (including phenoxy) is 5.